The first-order chi connectivity index (χ1) is 11.2. The Morgan fingerprint density at radius 2 is 1.78 bits per heavy atom. The Labute approximate surface area is 132 Å². The van der Waals surface area contributed by atoms with Crippen LogP contribution in [0, 0.1) is 0 Å². The number of primary amides is 1. The molecule has 0 aliphatic carbocycles. The zero-order chi connectivity index (χ0) is 15.8. The van der Waals surface area contributed by atoms with E-state index in [2.05, 4.69) is 15.1 Å². The lowest BCUT2D eigenvalue weighted by atomic mass is 10.1. The number of carbonyl (C=O) groups is 1. The van der Waals surface area contributed by atoms with E-state index < -0.39 is 5.91 Å². The van der Waals surface area contributed by atoms with E-state index in [1.807, 2.05) is 60.8 Å². The third kappa shape index (κ3) is 2.20. The predicted molar refractivity (Wildman–Crippen MR) is 85.8 cm³/mol. The molecule has 1 atom stereocenters. The summed E-state index contributed by atoms with van der Waals surface area (Å²) in [6, 6.07) is 17.1. The van der Waals surface area contributed by atoms with Gasteiger partial charge >= 0.3 is 0 Å². The van der Waals surface area contributed by atoms with Gasteiger partial charge in [-0.2, -0.15) is 0 Å². The molecule has 6 heteroatoms. The monoisotopic (exact) mass is 303 g/mol. The second-order valence-corrected chi connectivity index (χ2v) is 5.22. The van der Waals surface area contributed by atoms with Crippen LogP contribution in [-0.4, -0.2) is 26.9 Å². The number of nitrogens with two attached hydrogens (primary N) is 1. The summed E-state index contributed by atoms with van der Waals surface area (Å²) < 4.78 is 1.65. The fraction of sp³-hybridized carbons (Fsp3) is 0.0588. The van der Waals surface area contributed by atoms with Crippen LogP contribution in [-0.2, 0) is 0 Å². The maximum absolute atomic E-state index is 11.5. The summed E-state index contributed by atoms with van der Waals surface area (Å²) in [6.45, 7) is 0. The molecule has 2 aromatic carbocycles. The number of hydrogen-bond donors (Lipinski definition) is 1. The van der Waals surface area contributed by atoms with Gasteiger partial charge < -0.3 is 5.73 Å². The number of rotatable bonds is 2. The molecule has 0 saturated heterocycles. The summed E-state index contributed by atoms with van der Waals surface area (Å²) in [5.41, 5.74) is 8.06. The molecule has 1 amide bonds. The molecule has 0 bridgehead atoms. The quantitative estimate of drug-likeness (QED) is 0.784. The summed E-state index contributed by atoms with van der Waals surface area (Å²) >= 11 is 0. The summed E-state index contributed by atoms with van der Waals surface area (Å²) in [5, 5.41) is 4.28. The molecule has 3 aromatic rings. The van der Waals surface area contributed by atoms with Gasteiger partial charge in [-0.05, 0) is 11.6 Å². The van der Waals surface area contributed by atoms with Gasteiger partial charge in [0.25, 0.3) is 5.91 Å². The van der Waals surface area contributed by atoms with E-state index in [0.717, 1.165) is 16.8 Å². The van der Waals surface area contributed by atoms with Crippen LogP contribution in [0.25, 0.3) is 5.69 Å². The molecule has 1 aromatic heterocycles. The lowest BCUT2D eigenvalue weighted by Crippen LogP contribution is -2.13. The number of para-hydroxylation sites is 1. The Balaban J connectivity index is 1.98. The van der Waals surface area contributed by atoms with E-state index in [1.165, 1.54) is 0 Å². The van der Waals surface area contributed by atoms with E-state index in [-0.39, 0.29) is 11.9 Å². The Kier molecular flexibility index (Phi) is 3.01. The van der Waals surface area contributed by atoms with Crippen molar-refractivity contribution in [3.63, 3.8) is 0 Å². The molecule has 1 unspecified atom stereocenters. The highest BCUT2D eigenvalue weighted by Gasteiger charge is 2.26. The van der Waals surface area contributed by atoms with Crippen LogP contribution < -0.4 is 5.73 Å². The average Bonchev–Trinajstić information content (AvgIpc) is 2.96. The van der Waals surface area contributed by atoms with Crippen molar-refractivity contribution in [1.29, 1.82) is 0 Å². The van der Waals surface area contributed by atoms with Crippen molar-refractivity contribution >= 4 is 12.1 Å². The fourth-order valence-corrected chi connectivity index (χ4v) is 2.66. The van der Waals surface area contributed by atoms with E-state index in [4.69, 9.17) is 5.73 Å². The first kappa shape index (κ1) is 13.4. The van der Waals surface area contributed by atoms with Crippen molar-refractivity contribution < 1.29 is 4.79 Å². The van der Waals surface area contributed by atoms with Gasteiger partial charge in [-0.15, -0.1) is 5.10 Å². The number of amides is 1. The smallest absolute Gasteiger partial charge is 0.288 e. The van der Waals surface area contributed by atoms with Crippen molar-refractivity contribution in [3.05, 3.63) is 77.4 Å². The molecule has 23 heavy (non-hydrogen) atoms. The average molecular weight is 303 g/mol. The van der Waals surface area contributed by atoms with Crippen LogP contribution >= 0.6 is 0 Å². The molecular formula is C17H13N5O. The number of aliphatic imine (C=N–C) groups is 1. The fourth-order valence-electron chi connectivity index (χ4n) is 2.66. The van der Waals surface area contributed by atoms with Gasteiger partial charge in [0.15, 0.2) is 5.82 Å². The highest BCUT2D eigenvalue weighted by Crippen LogP contribution is 2.29. The van der Waals surface area contributed by atoms with Gasteiger partial charge in [-0.1, -0.05) is 48.5 Å². The van der Waals surface area contributed by atoms with Crippen molar-refractivity contribution in [2.45, 2.75) is 6.04 Å². The Morgan fingerprint density at radius 3 is 2.57 bits per heavy atom. The van der Waals surface area contributed by atoms with Crippen molar-refractivity contribution in [3.8, 4) is 5.69 Å². The molecule has 4 rings (SSSR count). The SMILES string of the molecule is NC(=O)c1nc2n(n1)-c1ccccc1C=NC2c1ccccc1. The number of hydrogen-bond acceptors (Lipinski definition) is 4. The van der Waals surface area contributed by atoms with Crippen LogP contribution in [0.1, 0.15) is 33.6 Å². The molecule has 112 valence electrons. The molecule has 0 radical (unpaired) electrons. The summed E-state index contributed by atoms with van der Waals surface area (Å²) in [6.07, 6.45) is 1.81. The first-order valence-corrected chi connectivity index (χ1v) is 7.18. The lowest BCUT2D eigenvalue weighted by molar-refractivity contribution is 0.0990. The van der Waals surface area contributed by atoms with Crippen LogP contribution in [0.3, 0.4) is 0 Å². The molecule has 0 fully saturated rings. The van der Waals surface area contributed by atoms with Crippen LogP contribution in [0.5, 0.6) is 0 Å². The van der Waals surface area contributed by atoms with Crippen molar-refractivity contribution in [1.82, 2.24) is 14.8 Å². The highest BCUT2D eigenvalue weighted by atomic mass is 16.1. The van der Waals surface area contributed by atoms with Crippen molar-refractivity contribution in [2.75, 3.05) is 0 Å². The van der Waals surface area contributed by atoms with E-state index in [1.54, 1.807) is 4.68 Å². The van der Waals surface area contributed by atoms with E-state index in [0.29, 0.717) is 5.82 Å². The molecule has 1 aliphatic heterocycles. The van der Waals surface area contributed by atoms with Gasteiger partial charge in [0.05, 0.1) is 5.69 Å². The van der Waals surface area contributed by atoms with Gasteiger partial charge in [0, 0.05) is 11.8 Å². The summed E-state index contributed by atoms with van der Waals surface area (Å²) in [4.78, 5) is 20.5. The molecule has 1 aliphatic rings. The number of aromatic nitrogens is 3. The van der Waals surface area contributed by atoms with Gasteiger partial charge in [-0.3, -0.25) is 9.79 Å². The molecule has 0 spiro atoms. The maximum Gasteiger partial charge on any atom is 0.288 e. The van der Waals surface area contributed by atoms with Crippen LogP contribution in [0.15, 0.2) is 59.6 Å². The first-order valence-electron chi connectivity index (χ1n) is 7.18. The molecule has 2 N–H and O–H groups in total. The minimum absolute atomic E-state index is 0.00664. The summed E-state index contributed by atoms with van der Waals surface area (Å²) in [5.74, 6) is -0.0853. The highest BCUT2D eigenvalue weighted by molar-refractivity contribution is 5.89. The predicted octanol–water partition coefficient (Wildman–Crippen LogP) is 1.89. The Hall–Kier alpha value is -3.28. The van der Waals surface area contributed by atoms with Crippen LogP contribution in [0.2, 0.25) is 0 Å². The van der Waals surface area contributed by atoms with Gasteiger partial charge in [0.2, 0.25) is 5.82 Å². The number of benzene rings is 2. The number of fused-ring (bicyclic) bond motifs is 3. The Bertz CT molecular complexity index is 914. The van der Waals surface area contributed by atoms with E-state index >= 15 is 0 Å². The minimum atomic E-state index is -0.654. The second kappa shape index (κ2) is 5.17. The molecular weight excluding hydrogens is 290 g/mol. The second-order valence-electron chi connectivity index (χ2n) is 5.22. The van der Waals surface area contributed by atoms with Gasteiger partial charge in [-0.25, -0.2) is 9.67 Å². The number of carbonyl (C=O) groups excluding carboxylic acids is 1. The number of nitrogens with zero attached hydrogens (tertiary/aromatic N) is 4. The third-order valence-corrected chi connectivity index (χ3v) is 3.74. The molecule has 2 heterocycles. The Morgan fingerprint density at radius 1 is 1.04 bits per heavy atom. The third-order valence-electron chi connectivity index (χ3n) is 3.74. The van der Waals surface area contributed by atoms with Crippen LogP contribution in [0.4, 0.5) is 0 Å². The standard InChI is InChI=1S/C17H13N5O/c18-15(23)16-20-17-14(11-6-2-1-3-7-11)19-10-12-8-4-5-9-13(12)22(17)21-16/h1-10,14H,(H2,18,23). The zero-order valence-corrected chi connectivity index (χ0v) is 12.1. The molecule has 0 saturated carbocycles. The summed E-state index contributed by atoms with van der Waals surface area (Å²) in [7, 11) is 0. The topological polar surface area (TPSA) is 86.2 Å². The lowest BCUT2D eigenvalue weighted by Gasteiger charge is -2.11. The largest absolute Gasteiger partial charge is 0.363 e. The van der Waals surface area contributed by atoms with Gasteiger partial charge in [0.1, 0.15) is 6.04 Å². The molecule has 6 nitrogen and oxygen atoms in total. The zero-order valence-electron chi connectivity index (χ0n) is 12.1. The van der Waals surface area contributed by atoms with Crippen molar-refractivity contribution in [2.24, 2.45) is 10.7 Å². The van der Waals surface area contributed by atoms with E-state index in [9.17, 15) is 4.79 Å². The normalized spacial score (nSPS) is 15.6. The minimum Gasteiger partial charge on any atom is -0.363 e. The maximum atomic E-state index is 11.5.